The lowest BCUT2D eigenvalue weighted by Gasteiger charge is -2.46. The molecule has 0 aromatic heterocycles. The van der Waals surface area contributed by atoms with E-state index < -0.39 is 43.1 Å². The van der Waals surface area contributed by atoms with Crippen LogP contribution in [0.5, 0.6) is 0 Å². The first kappa shape index (κ1) is 22.1. The van der Waals surface area contributed by atoms with Crippen LogP contribution >= 0.6 is 11.8 Å². The molecule has 0 aromatic carbocycles. The van der Waals surface area contributed by atoms with E-state index in [-0.39, 0.29) is 5.91 Å². The van der Waals surface area contributed by atoms with E-state index in [4.69, 9.17) is 10.5 Å². The summed E-state index contributed by atoms with van der Waals surface area (Å²) < 4.78 is 5.64. The molecule has 1 aliphatic rings. The van der Waals surface area contributed by atoms with Crippen LogP contribution in [0.4, 0.5) is 0 Å². The Labute approximate surface area is 151 Å². The van der Waals surface area contributed by atoms with E-state index in [0.717, 1.165) is 11.5 Å². The molecule has 0 saturated carbocycles. The van der Waals surface area contributed by atoms with Crippen LogP contribution in [-0.4, -0.2) is 93.8 Å². The zero-order valence-corrected chi connectivity index (χ0v) is 15.4. The van der Waals surface area contributed by atoms with Crippen LogP contribution in [0.25, 0.3) is 0 Å². The standard InChI is InChI=1S/C15H29N3O6S/c1-9(20)17-12-14(23)13(22)11(8-19)24-15(12)18(10(2)21)5-3-6-25-7-4-16/h11-15,19,22-23H,3-8,16H2,1-2H3,(H,17,20)/t11-,12-,13-,14-,15-/m1/s1. The summed E-state index contributed by atoms with van der Waals surface area (Å²) in [5, 5.41) is 32.2. The van der Waals surface area contributed by atoms with Gasteiger partial charge in [-0.05, 0) is 12.2 Å². The number of ether oxygens (including phenoxy) is 1. The highest BCUT2D eigenvalue weighted by atomic mass is 32.2. The van der Waals surface area contributed by atoms with Crippen molar-refractivity contribution in [2.24, 2.45) is 5.73 Å². The molecule has 5 atom stereocenters. The molecule has 1 fully saturated rings. The van der Waals surface area contributed by atoms with Gasteiger partial charge in [0.1, 0.15) is 24.4 Å². The number of amides is 2. The zero-order valence-electron chi connectivity index (χ0n) is 14.6. The van der Waals surface area contributed by atoms with Crippen LogP contribution in [0.15, 0.2) is 0 Å². The molecule has 1 rings (SSSR count). The van der Waals surface area contributed by atoms with E-state index in [1.165, 1.54) is 18.7 Å². The zero-order chi connectivity index (χ0) is 19.0. The van der Waals surface area contributed by atoms with Crippen molar-refractivity contribution in [2.45, 2.75) is 50.8 Å². The first-order valence-corrected chi connectivity index (χ1v) is 9.43. The summed E-state index contributed by atoms with van der Waals surface area (Å²) in [7, 11) is 0. The first-order valence-electron chi connectivity index (χ1n) is 8.28. The van der Waals surface area contributed by atoms with Crippen LogP contribution in [-0.2, 0) is 14.3 Å². The lowest BCUT2D eigenvalue weighted by atomic mass is 9.95. The SMILES string of the molecule is CC(=O)N[C@@H]1[C@@H](O)[C@H](O)[C@@H](CO)O[C@H]1N(CCCSCCN)C(C)=O. The van der Waals surface area contributed by atoms with Crippen molar-refractivity contribution in [2.75, 3.05) is 31.2 Å². The predicted molar refractivity (Wildman–Crippen MR) is 93.7 cm³/mol. The van der Waals surface area contributed by atoms with Crippen molar-refractivity contribution in [3.63, 3.8) is 0 Å². The fourth-order valence-corrected chi connectivity index (χ4v) is 3.45. The topological polar surface area (TPSA) is 145 Å². The lowest BCUT2D eigenvalue weighted by molar-refractivity contribution is -0.230. The fraction of sp³-hybridized carbons (Fsp3) is 0.867. The van der Waals surface area contributed by atoms with E-state index >= 15 is 0 Å². The highest BCUT2D eigenvalue weighted by molar-refractivity contribution is 7.99. The Balaban J connectivity index is 2.88. The second-order valence-electron chi connectivity index (χ2n) is 5.92. The molecular formula is C15H29N3O6S. The van der Waals surface area contributed by atoms with Crippen molar-refractivity contribution in [1.29, 1.82) is 0 Å². The monoisotopic (exact) mass is 379 g/mol. The maximum Gasteiger partial charge on any atom is 0.221 e. The Morgan fingerprint density at radius 2 is 1.92 bits per heavy atom. The van der Waals surface area contributed by atoms with Gasteiger partial charge in [0, 0.05) is 32.7 Å². The molecule has 1 heterocycles. The summed E-state index contributed by atoms with van der Waals surface area (Å²) in [6, 6.07) is -0.990. The Morgan fingerprint density at radius 1 is 1.24 bits per heavy atom. The molecule has 6 N–H and O–H groups in total. The third-order valence-electron chi connectivity index (χ3n) is 3.93. The first-order chi connectivity index (χ1) is 11.8. The number of nitrogens with one attached hydrogen (secondary N) is 1. The van der Waals surface area contributed by atoms with Crippen molar-refractivity contribution >= 4 is 23.6 Å². The van der Waals surface area contributed by atoms with Crippen molar-refractivity contribution in [3.8, 4) is 0 Å². The molecule has 2 amide bonds. The van der Waals surface area contributed by atoms with Gasteiger partial charge in [0.15, 0.2) is 6.23 Å². The number of nitrogens with two attached hydrogens (primary N) is 1. The van der Waals surface area contributed by atoms with Gasteiger partial charge in [-0.1, -0.05) is 0 Å². The minimum atomic E-state index is -1.37. The maximum atomic E-state index is 12.1. The molecule has 9 nitrogen and oxygen atoms in total. The van der Waals surface area contributed by atoms with Gasteiger partial charge >= 0.3 is 0 Å². The van der Waals surface area contributed by atoms with Crippen LogP contribution < -0.4 is 11.1 Å². The van der Waals surface area contributed by atoms with Crippen molar-refractivity contribution in [3.05, 3.63) is 0 Å². The second-order valence-corrected chi connectivity index (χ2v) is 7.15. The second kappa shape index (κ2) is 10.9. The van der Waals surface area contributed by atoms with Gasteiger partial charge in [-0.15, -0.1) is 0 Å². The lowest BCUT2D eigenvalue weighted by Crippen LogP contribution is -2.68. The van der Waals surface area contributed by atoms with E-state index in [2.05, 4.69) is 5.32 Å². The molecule has 1 saturated heterocycles. The highest BCUT2D eigenvalue weighted by Crippen LogP contribution is 2.24. The molecule has 10 heteroatoms. The summed E-state index contributed by atoms with van der Waals surface area (Å²) >= 11 is 1.67. The number of aliphatic hydroxyl groups is 3. The van der Waals surface area contributed by atoms with Gasteiger partial charge in [-0.3, -0.25) is 9.59 Å². The number of carbonyl (C=O) groups excluding carboxylic acids is 2. The average molecular weight is 379 g/mol. The van der Waals surface area contributed by atoms with Crippen LogP contribution in [0.3, 0.4) is 0 Å². The van der Waals surface area contributed by atoms with E-state index in [1.807, 2.05) is 0 Å². The normalized spacial score (nSPS) is 29.3. The molecule has 0 aliphatic carbocycles. The number of hydrogen-bond acceptors (Lipinski definition) is 8. The number of hydrogen-bond donors (Lipinski definition) is 5. The van der Waals surface area contributed by atoms with Gasteiger partial charge < -0.3 is 36.0 Å². The van der Waals surface area contributed by atoms with Crippen molar-refractivity contribution < 1.29 is 29.6 Å². The van der Waals surface area contributed by atoms with Gasteiger partial charge in [0.25, 0.3) is 0 Å². The highest BCUT2D eigenvalue weighted by Gasteiger charge is 2.47. The average Bonchev–Trinajstić information content (AvgIpc) is 2.55. The molecule has 0 spiro atoms. The minimum Gasteiger partial charge on any atom is -0.394 e. The summed E-state index contributed by atoms with van der Waals surface area (Å²) in [6.45, 7) is 3.07. The van der Waals surface area contributed by atoms with E-state index in [9.17, 15) is 24.9 Å². The summed E-state index contributed by atoms with van der Waals surface area (Å²) in [5.41, 5.74) is 5.44. The van der Waals surface area contributed by atoms with Crippen LogP contribution in [0.2, 0.25) is 0 Å². The maximum absolute atomic E-state index is 12.1. The van der Waals surface area contributed by atoms with Crippen LogP contribution in [0.1, 0.15) is 20.3 Å². The molecule has 146 valence electrons. The van der Waals surface area contributed by atoms with Gasteiger partial charge in [0.05, 0.1) is 6.61 Å². The smallest absolute Gasteiger partial charge is 0.221 e. The molecule has 0 bridgehead atoms. The quantitative estimate of drug-likeness (QED) is 0.285. The predicted octanol–water partition coefficient (Wildman–Crippen LogP) is -2.14. The third-order valence-corrected chi connectivity index (χ3v) is 5.03. The number of thioether (sulfide) groups is 1. The number of carbonyl (C=O) groups is 2. The number of aliphatic hydroxyl groups excluding tert-OH is 3. The Kier molecular flexibility index (Phi) is 9.69. The Morgan fingerprint density at radius 3 is 2.44 bits per heavy atom. The minimum absolute atomic E-state index is 0.288. The van der Waals surface area contributed by atoms with E-state index in [0.29, 0.717) is 19.5 Å². The largest absolute Gasteiger partial charge is 0.394 e. The van der Waals surface area contributed by atoms with Crippen molar-refractivity contribution in [1.82, 2.24) is 10.2 Å². The molecule has 0 radical (unpaired) electrons. The van der Waals surface area contributed by atoms with Gasteiger partial charge in [0.2, 0.25) is 11.8 Å². The molecule has 25 heavy (non-hydrogen) atoms. The molecule has 0 unspecified atom stereocenters. The van der Waals surface area contributed by atoms with Gasteiger partial charge in [-0.2, -0.15) is 11.8 Å². The van der Waals surface area contributed by atoms with E-state index in [1.54, 1.807) is 11.8 Å². The fourth-order valence-electron chi connectivity index (χ4n) is 2.74. The molecular weight excluding hydrogens is 350 g/mol. The number of nitrogens with zero attached hydrogens (tertiary/aromatic N) is 1. The molecule has 1 aliphatic heterocycles. The summed E-state index contributed by atoms with van der Waals surface area (Å²) in [5.74, 6) is 0.915. The Bertz CT molecular complexity index is 441. The summed E-state index contributed by atoms with van der Waals surface area (Å²) in [4.78, 5) is 24.9. The third kappa shape index (κ3) is 6.39. The Hall–Kier alpha value is -0.910. The van der Waals surface area contributed by atoms with Crippen LogP contribution in [0, 0.1) is 0 Å². The molecule has 0 aromatic rings. The van der Waals surface area contributed by atoms with Gasteiger partial charge in [-0.25, -0.2) is 0 Å². The number of rotatable bonds is 9. The summed E-state index contributed by atoms with van der Waals surface area (Å²) in [6.07, 6.45) is -4.07.